The molecule has 0 spiro atoms. The predicted molar refractivity (Wildman–Crippen MR) is 126 cm³/mol. The summed E-state index contributed by atoms with van der Waals surface area (Å²) < 4.78 is 5.14. The molecule has 3 aromatic rings. The van der Waals surface area contributed by atoms with Gasteiger partial charge in [0.2, 0.25) is 5.91 Å². The third-order valence-corrected chi connectivity index (χ3v) is 6.54. The number of ether oxygens (including phenoxy) is 1. The number of esters is 1. The number of carbonyl (C=O) groups excluding carboxylic acids is 3. The number of rotatable bonds is 7. The zero-order chi connectivity index (χ0) is 24.4. The molecule has 0 radical (unpaired) electrons. The van der Waals surface area contributed by atoms with Gasteiger partial charge < -0.3 is 4.74 Å². The van der Waals surface area contributed by atoms with Crippen molar-refractivity contribution >= 4 is 39.8 Å². The summed E-state index contributed by atoms with van der Waals surface area (Å²) in [5.41, 5.74) is 2.95. The van der Waals surface area contributed by atoms with Crippen molar-refractivity contribution in [2.45, 2.75) is 20.3 Å². The highest BCUT2D eigenvalue weighted by atomic mass is 32.1. The topological polar surface area (TPSA) is 120 Å². The van der Waals surface area contributed by atoms with Crippen molar-refractivity contribution in [1.82, 2.24) is 4.98 Å². The van der Waals surface area contributed by atoms with Crippen LogP contribution in [0.1, 0.15) is 27.2 Å². The fraction of sp³-hybridized carbons (Fsp3) is 0.250. The number of hydrogen-bond acceptors (Lipinski definition) is 8. The number of nitro groups is 1. The summed E-state index contributed by atoms with van der Waals surface area (Å²) in [5.74, 6) is -2.06. The summed E-state index contributed by atoms with van der Waals surface area (Å²) in [7, 11) is 0. The minimum absolute atomic E-state index is 0.0248. The van der Waals surface area contributed by atoms with Crippen LogP contribution in [0, 0.1) is 29.9 Å². The molecular weight excluding hydrogens is 458 g/mol. The van der Waals surface area contributed by atoms with Gasteiger partial charge in [-0.05, 0) is 26.0 Å². The molecule has 1 atom stereocenters. The number of aryl methyl sites for hydroxylation is 2. The third kappa shape index (κ3) is 4.86. The van der Waals surface area contributed by atoms with E-state index < -0.39 is 29.2 Å². The molecule has 0 aliphatic carbocycles. The Balaban J connectivity index is 1.38. The van der Waals surface area contributed by atoms with Gasteiger partial charge in [0.1, 0.15) is 0 Å². The first-order valence-corrected chi connectivity index (χ1v) is 11.3. The van der Waals surface area contributed by atoms with Gasteiger partial charge in [0.25, 0.3) is 5.69 Å². The summed E-state index contributed by atoms with van der Waals surface area (Å²) in [6.45, 7) is 3.57. The van der Waals surface area contributed by atoms with Crippen molar-refractivity contribution in [3.05, 3.63) is 74.6 Å². The lowest BCUT2D eigenvalue weighted by Crippen LogP contribution is -2.27. The molecule has 0 N–H and O–H groups in total. The van der Waals surface area contributed by atoms with Crippen LogP contribution in [0.25, 0.3) is 11.3 Å². The Bertz CT molecular complexity index is 1270. The van der Waals surface area contributed by atoms with Gasteiger partial charge in [0.15, 0.2) is 17.5 Å². The zero-order valence-electron chi connectivity index (χ0n) is 18.5. The smallest absolute Gasteiger partial charge is 0.311 e. The highest BCUT2D eigenvalue weighted by Crippen LogP contribution is 2.35. The Morgan fingerprint density at radius 3 is 2.47 bits per heavy atom. The molecule has 1 aliphatic heterocycles. The fourth-order valence-electron chi connectivity index (χ4n) is 3.63. The van der Waals surface area contributed by atoms with Gasteiger partial charge in [-0.1, -0.05) is 29.8 Å². The van der Waals surface area contributed by atoms with E-state index in [0.717, 1.165) is 21.7 Å². The predicted octanol–water partition coefficient (Wildman–Crippen LogP) is 4.11. The number of ketones is 1. The molecule has 0 saturated carbocycles. The van der Waals surface area contributed by atoms with Crippen molar-refractivity contribution in [3.8, 4) is 11.3 Å². The number of nitro benzene ring substituents is 1. The summed E-state index contributed by atoms with van der Waals surface area (Å²) in [6.07, 6.45) is -0.0248. The van der Waals surface area contributed by atoms with E-state index in [4.69, 9.17) is 4.74 Å². The molecule has 34 heavy (non-hydrogen) atoms. The van der Waals surface area contributed by atoms with Crippen LogP contribution in [0.2, 0.25) is 0 Å². The van der Waals surface area contributed by atoms with E-state index in [1.54, 1.807) is 0 Å². The van der Waals surface area contributed by atoms with E-state index in [1.807, 2.05) is 38.1 Å². The van der Waals surface area contributed by atoms with Crippen molar-refractivity contribution in [2.75, 3.05) is 18.1 Å². The number of Topliss-reactive ketones (excluding diaryl/α,β-unsaturated/α-hetero) is 1. The van der Waals surface area contributed by atoms with Crippen LogP contribution < -0.4 is 4.90 Å². The number of hydrogen-bond donors (Lipinski definition) is 0. The summed E-state index contributed by atoms with van der Waals surface area (Å²) in [6, 6.07) is 13.0. The van der Waals surface area contributed by atoms with Gasteiger partial charge in [-0.3, -0.25) is 29.4 Å². The first-order valence-electron chi connectivity index (χ1n) is 10.5. The van der Waals surface area contributed by atoms with E-state index in [2.05, 4.69) is 4.98 Å². The Kier molecular flexibility index (Phi) is 6.51. The maximum absolute atomic E-state index is 12.6. The second-order valence-corrected chi connectivity index (χ2v) is 9.19. The number of non-ortho nitro benzene ring substituents is 1. The number of anilines is 1. The zero-order valence-corrected chi connectivity index (χ0v) is 19.3. The van der Waals surface area contributed by atoms with Gasteiger partial charge in [-0.2, -0.15) is 0 Å². The van der Waals surface area contributed by atoms with Crippen molar-refractivity contribution in [3.63, 3.8) is 0 Å². The van der Waals surface area contributed by atoms with Crippen molar-refractivity contribution in [2.24, 2.45) is 5.92 Å². The van der Waals surface area contributed by atoms with E-state index in [0.29, 0.717) is 5.13 Å². The molecule has 0 unspecified atom stereocenters. The lowest BCUT2D eigenvalue weighted by molar-refractivity contribution is -0.384. The molecule has 1 aromatic heterocycles. The van der Waals surface area contributed by atoms with Crippen LogP contribution in [-0.2, 0) is 14.3 Å². The maximum atomic E-state index is 12.6. The van der Waals surface area contributed by atoms with Crippen LogP contribution in [0.5, 0.6) is 0 Å². The van der Waals surface area contributed by atoms with E-state index >= 15 is 0 Å². The molecule has 2 heterocycles. The van der Waals surface area contributed by atoms with Crippen LogP contribution in [0.15, 0.2) is 48.5 Å². The highest BCUT2D eigenvalue weighted by molar-refractivity contribution is 7.16. The Morgan fingerprint density at radius 1 is 1.15 bits per heavy atom. The minimum atomic E-state index is -0.704. The fourth-order valence-corrected chi connectivity index (χ4v) is 4.59. The molecule has 174 valence electrons. The third-order valence-electron chi connectivity index (χ3n) is 5.55. The molecule has 4 rings (SSSR count). The Morgan fingerprint density at radius 2 is 1.82 bits per heavy atom. The SMILES string of the molecule is Cc1ccc(-c2nc(N3C[C@@H](C(=O)OCC(=O)c4ccc([N+](=O)[O-])cc4)CC3=O)sc2C)cc1. The van der Waals surface area contributed by atoms with Crippen molar-refractivity contribution in [1.29, 1.82) is 0 Å². The van der Waals surface area contributed by atoms with Gasteiger partial charge in [-0.25, -0.2) is 4.98 Å². The second-order valence-electron chi connectivity index (χ2n) is 8.01. The van der Waals surface area contributed by atoms with Crippen molar-refractivity contribution < 1.29 is 24.0 Å². The Hall–Kier alpha value is -3.92. The molecular formula is C24H21N3O6S. The lowest BCUT2D eigenvalue weighted by atomic mass is 10.1. The number of amides is 1. The van der Waals surface area contributed by atoms with Gasteiger partial charge in [0.05, 0.1) is 16.5 Å². The largest absolute Gasteiger partial charge is 0.457 e. The molecule has 1 fully saturated rings. The first-order chi connectivity index (χ1) is 16.2. The maximum Gasteiger partial charge on any atom is 0.311 e. The van der Waals surface area contributed by atoms with Crippen LogP contribution in [-0.4, -0.2) is 40.7 Å². The van der Waals surface area contributed by atoms with Gasteiger partial charge >= 0.3 is 5.97 Å². The van der Waals surface area contributed by atoms with Crippen LogP contribution >= 0.6 is 11.3 Å². The van der Waals surface area contributed by atoms with E-state index in [-0.39, 0.29) is 30.1 Å². The van der Waals surface area contributed by atoms with Crippen LogP contribution in [0.4, 0.5) is 10.8 Å². The number of aromatic nitrogens is 1. The highest BCUT2D eigenvalue weighted by Gasteiger charge is 2.38. The molecule has 0 bridgehead atoms. The van der Waals surface area contributed by atoms with E-state index in [9.17, 15) is 24.5 Å². The van der Waals surface area contributed by atoms with Crippen LogP contribution in [0.3, 0.4) is 0 Å². The lowest BCUT2D eigenvalue weighted by Gasteiger charge is -2.12. The van der Waals surface area contributed by atoms with Gasteiger partial charge in [0, 0.05) is 41.1 Å². The Labute approximate surface area is 199 Å². The summed E-state index contributed by atoms with van der Waals surface area (Å²) in [5, 5.41) is 11.2. The quantitative estimate of drug-likeness (QED) is 0.216. The first kappa shape index (κ1) is 23.2. The number of benzene rings is 2. The summed E-state index contributed by atoms with van der Waals surface area (Å²) in [4.78, 5) is 54.6. The van der Waals surface area contributed by atoms with E-state index in [1.165, 1.54) is 40.5 Å². The molecule has 1 amide bonds. The molecule has 10 heteroatoms. The standard InChI is InChI=1S/C24H21N3O6S/c1-14-3-5-17(6-4-14)22-15(2)34-24(25-22)26-12-18(11-21(26)29)23(30)33-13-20(28)16-7-9-19(10-8-16)27(31)32/h3-10,18H,11-13H2,1-2H3/t18-/m0/s1. The second kappa shape index (κ2) is 9.52. The molecule has 2 aromatic carbocycles. The molecule has 1 aliphatic rings. The molecule has 9 nitrogen and oxygen atoms in total. The molecule has 1 saturated heterocycles. The monoisotopic (exact) mass is 479 g/mol. The average molecular weight is 480 g/mol. The normalized spacial score (nSPS) is 15.4. The number of thiazole rings is 1. The summed E-state index contributed by atoms with van der Waals surface area (Å²) >= 11 is 1.39. The van der Waals surface area contributed by atoms with Gasteiger partial charge in [-0.15, -0.1) is 11.3 Å². The minimum Gasteiger partial charge on any atom is -0.457 e. The average Bonchev–Trinajstić information content (AvgIpc) is 3.40. The number of carbonyl (C=O) groups is 3. The number of nitrogens with zero attached hydrogens (tertiary/aromatic N) is 3.